The van der Waals surface area contributed by atoms with Crippen LogP contribution in [0.1, 0.15) is 22.8 Å². The quantitative estimate of drug-likeness (QED) is 0.903. The maximum Gasteiger partial charge on any atom is 0.409 e. The summed E-state index contributed by atoms with van der Waals surface area (Å²) < 4.78 is 4.97. The second kappa shape index (κ2) is 7.08. The van der Waals surface area contributed by atoms with Crippen LogP contribution in [-0.2, 0) is 11.3 Å². The van der Waals surface area contributed by atoms with Gasteiger partial charge in [-0.05, 0) is 18.6 Å². The molecule has 1 aliphatic rings. The number of amides is 2. The van der Waals surface area contributed by atoms with Gasteiger partial charge in [-0.3, -0.25) is 4.79 Å². The Hall–Kier alpha value is -2.08. The van der Waals surface area contributed by atoms with Crippen LogP contribution in [0.25, 0.3) is 0 Å². The number of rotatable bonds is 3. The van der Waals surface area contributed by atoms with Crippen molar-refractivity contribution in [3.8, 4) is 0 Å². The second-order valence-electron chi connectivity index (χ2n) is 4.84. The molecule has 1 fully saturated rings. The predicted octanol–water partition coefficient (Wildman–Crippen LogP) is 1.06. The van der Waals surface area contributed by atoms with E-state index >= 15 is 0 Å². The molecule has 0 unspecified atom stereocenters. The molecule has 1 saturated heterocycles. The average Bonchev–Trinajstić information content (AvgIpc) is 2.54. The first-order chi connectivity index (χ1) is 10.2. The van der Waals surface area contributed by atoms with E-state index in [1.165, 1.54) is 0 Å². The highest BCUT2D eigenvalue weighted by molar-refractivity contribution is 5.95. The number of piperazine rings is 1. The molecular formula is C15H21N3O3. The van der Waals surface area contributed by atoms with E-state index in [0.29, 0.717) is 44.9 Å². The van der Waals surface area contributed by atoms with Crippen molar-refractivity contribution in [2.24, 2.45) is 5.73 Å². The molecule has 0 bridgehead atoms. The molecule has 114 valence electrons. The van der Waals surface area contributed by atoms with E-state index < -0.39 is 0 Å². The second-order valence-corrected chi connectivity index (χ2v) is 4.84. The lowest BCUT2D eigenvalue weighted by molar-refractivity contribution is 0.0569. The molecule has 1 heterocycles. The van der Waals surface area contributed by atoms with E-state index in [9.17, 15) is 9.59 Å². The Bertz CT molecular complexity index is 511. The third-order valence-electron chi connectivity index (χ3n) is 3.56. The van der Waals surface area contributed by atoms with E-state index in [4.69, 9.17) is 10.5 Å². The Morgan fingerprint density at radius 3 is 2.38 bits per heavy atom. The smallest absolute Gasteiger partial charge is 0.409 e. The molecule has 0 aromatic heterocycles. The predicted molar refractivity (Wildman–Crippen MR) is 78.8 cm³/mol. The van der Waals surface area contributed by atoms with Crippen LogP contribution in [0, 0.1) is 0 Å². The SMILES string of the molecule is CCOC(=O)N1CCN(C(=O)c2ccccc2CN)CC1. The lowest BCUT2D eigenvalue weighted by atomic mass is 10.1. The standard InChI is InChI=1S/C15H21N3O3/c1-2-21-15(20)18-9-7-17(8-10-18)14(19)13-6-4-3-5-12(13)11-16/h3-6H,2,7-11,16H2,1H3. The van der Waals surface area contributed by atoms with Gasteiger partial charge in [0.2, 0.25) is 0 Å². The summed E-state index contributed by atoms with van der Waals surface area (Å²) in [5, 5.41) is 0. The van der Waals surface area contributed by atoms with E-state index in [0.717, 1.165) is 5.56 Å². The third kappa shape index (κ3) is 3.52. The maximum absolute atomic E-state index is 12.5. The molecule has 2 amide bonds. The van der Waals surface area contributed by atoms with Crippen LogP contribution in [-0.4, -0.2) is 54.6 Å². The summed E-state index contributed by atoms with van der Waals surface area (Å²) in [6, 6.07) is 7.36. The van der Waals surface area contributed by atoms with Gasteiger partial charge in [-0.15, -0.1) is 0 Å². The summed E-state index contributed by atoms with van der Waals surface area (Å²) in [5.41, 5.74) is 7.16. The molecule has 0 atom stereocenters. The highest BCUT2D eigenvalue weighted by Crippen LogP contribution is 2.13. The van der Waals surface area contributed by atoms with Gasteiger partial charge in [0.25, 0.3) is 5.91 Å². The normalized spacial score (nSPS) is 15.0. The van der Waals surface area contributed by atoms with Gasteiger partial charge in [0.15, 0.2) is 0 Å². The number of carbonyl (C=O) groups excluding carboxylic acids is 2. The number of benzene rings is 1. The van der Waals surface area contributed by atoms with Crippen molar-refractivity contribution in [2.75, 3.05) is 32.8 Å². The van der Waals surface area contributed by atoms with E-state index in [1.54, 1.807) is 22.8 Å². The Morgan fingerprint density at radius 1 is 1.14 bits per heavy atom. The van der Waals surface area contributed by atoms with Crippen LogP contribution < -0.4 is 5.73 Å². The molecule has 0 saturated carbocycles. The summed E-state index contributed by atoms with van der Waals surface area (Å²) in [6.07, 6.45) is -0.313. The topological polar surface area (TPSA) is 75.9 Å². The van der Waals surface area contributed by atoms with Gasteiger partial charge in [0.1, 0.15) is 0 Å². The number of nitrogens with two attached hydrogens (primary N) is 1. The largest absolute Gasteiger partial charge is 0.450 e. The average molecular weight is 291 g/mol. The van der Waals surface area contributed by atoms with Gasteiger partial charge in [-0.25, -0.2) is 4.79 Å². The Balaban J connectivity index is 1.99. The first-order valence-electron chi connectivity index (χ1n) is 7.16. The minimum atomic E-state index is -0.313. The van der Waals surface area contributed by atoms with Gasteiger partial charge < -0.3 is 20.3 Å². The summed E-state index contributed by atoms with van der Waals surface area (Å²) in [5.74, 6) is -0.0282. The molecule has 1 aliphatic heterocycles. The maximum atomic E-state index is 12.5. The van der Waals surface area contributed by atoms with Crippen molar-refractivity contribution in [2.45, 2.75) is 13.5 Å². The first kappa shape index (κ1) is 15.3. The Labute approximate surface area is 124 Å². The summed E-state index contributed by atoms with van der Waals surface area (Å²) in [7, 11) is 0. The molecule has 0 spiro atoms. The molecule has 2 rings (SSSR count). The number of hydrogen-bond acceptors (Lipinski definition) is 4. The monoisotopic (exact) mass is 291 g/mol. The summed E-state index contributed by atoms with van der Waals surface area (Å²) in [6.45, 7) is 4.49. The van der Waals surface area contributed by atoms with Gasteiger partial charge in [-0.2, -0.15) is 0 Å². The van der Waals surface area contributed by atoms with Crippen LogP contribution >= 0.6 is 0 Å². The fourth-order valence-corrected chi connectivity index (χ4v) is 2.38. The minimum Gasteiger partial charge on any atom is -0.450 e. The van der Waals surface area contributed by atoms with Crippen LogP contribution in [0.3, 0.4) is 0 Å². The minimum absolute atomic E-state index is 0.0282. The zero-order chi connectivity index (χ0) is 15.2. The molecule has 2 N–H and O–H groups in total. The van der Waals surface area contributed by atoms with Gasteiger partial charge >= 0.3 is 6.09 Å². The first-order valence-corrected chi connectivity index (χ1v) is 7.16. The van der Waals surface area contributed by atoms with Crippen LogP contribution in [0.4, 0.5) is 4.79 Å². The highest BCUT2D eigenvalue weighted by Gasteiger charge is 2.26. The van der Waals surface area contributed by atoms with E-state index in [2.05, 4.69) is 0 Å². The number of hydrogen-bond donors (Lipinski definition) is 1. The Kier molecular flexibility index (Phi) is 5.16. The van der Waals surface area contributed by atoms with E-state index in [-0.39, 0.29) is 12.0 Å². The fraction of sp³-hybridized carbons (Fsp3) is 0.467. The van der Waals surface area contributed by atoms with Crippen LogP contribution in [0.2, 0.25) is 0 Å². The molecule has 1 aromatic rings. The van der Waals surface area contributed by atoms with Crippen molar-refractivity contribution < 1.29 is 14.3 Å². The van der Waals surface area contributed by atoms with Crippen LogP contribution in [0.15, 0.2) is 24.3 Å². The van der Waals surface area contributed by atoms with Crippen molar-refractivity contribution in [1.82, 2.24) is 9.80 Å². The molecule has 1 aromatic carbocycles. The Morgan fingerprint density at radius 2 is 1.76 bits per heavy atom. The molecule has 0 radical (unpaired) electrons. The van der Waals surface area contributed by atoms with Gasteiger partial charge in [0, 0.05) is 38.3 Å². The molecular weight excluding hydrogens is 270 g/mol. The lowest BCUT2D eigenvalue weighted by Crippen LogP contribution is -2.50. The zero-order valence-electron chi connectivity index (χ0n) is 12.2. The molecule has 6 nitrogen and oxygen atoms in total. The fourth-order valence-electron chi connectivity index (χ4n) is 2.38. The summed E-state index contributed by atoms with van der Waals surface area (Å²) in [4.78, 5) is 27.5. The van der Waals surface area contributed by atoms with Crippen molar-refractivity contribution >= 4 is 12.0 Å². The summed E-state index contributed by atoms with van der Waals surface area (Å²) >= 11 is 0. The lowest BCUT2D eigenvalue weighted by Gasteiger charge is -2.34. The van der Waals surface area contributed by atoms with Gasteiger partial charge in [-0.1, -0.05) is 18.2 Å². The van der Waals surface area contributed by atoms with Crippen molar-refractivity contribution in [3.63, 3.8) is 0 Å². The molecule has 6 heteroatoms. The van der Waals surface area contributed by atoms with Crippen molar-refractivity contribution in [3.05, 3.63) is 35.4 Å². The zero-order valence-corrected chi connectivity index (χ0v) is 12.2. The van der Waals surface area contributed by atoms with Crippen molar-refractivity contribution in [1.29, 1.82) is 0 Å². The number of ether oxygens (including phenoxy) is 1. The highest BCUT2D eigenvalue weighted by atomic mass is 16.6. The number of carbonyl (C=O) groups is 2. The van der Waals surface area contributed by atoms with E-state index in [1.807, 2.05) is 18.2 Å². The third-order valence-corrected chi connectivity index (χ3v) is 3.56. The molecule has 21 heavy (non-hydrogen) atoms. The van der Waals surface area contributed by atoms with Gasteiger partial charge in [0.05, 0.1) is 6.61 Å². The van der Waals surface area contributed by atoms with Crippen LogP contribution in [0.5, 0.6) is 0 Å². The number of nitrogens with zero attached hydrogens (tertiary/aromatic N) is 2. The molecule has 0 aliphatic carbocycles.